The number of hydrogen-bond donors (Lipinski definition) is 3. The molecular formula is C10H13N3O4. The van der Waals surface area contributed by atoms with Crippen LogP contribution in [0.2, 0.25) is 0 Å². The molecule has 0 aliphatic carbocycles. The first-order valence-corrected chi connectivity index (χ1v) is 5.14. The highest BCUT2D eigenvalue weighted by Gasteiger charge is 2.21. The van der Waals surface area contributed by atoms with E-state index in [0.29, 0.717) is 5.56 Å². The summed E-state index contributed by atoms with van der Waals surface area (Å²) in [5.74, 6) is 0. The van der Waals surface area contributed by atoms with Gasteiger partial charge < -0.3 is 15.6 Å². The molecule has 4 N–H and O–H groups in total. The second kappa shape index (κ2) is 4.66. The van der Waals surface area contributed by atoms with E-state index in [0.717, 1.165) is 0 Å². The molecule has 1 aliphatic heterocycles. The van der Waals surface area contributed by atoms with Crippen molar-refractivity contribution in [3.8, 4) is 0 Å². The molecule has 0 amide bonds. The van der Waals surface area contributed by atoms with Crippen LogP contribution in [0.1, 0.15) is 11.8 Å². The highest BCUT2D eigenvalue weighted by Crippen LogP contribution is 2.18. The number of nitrogens with zero attached hydrogens (tertiary/aromatic N) is 1. The zero-order valence-corrected chi connectivity index (χ0v) is 9.00. The van der Waals surface area contributed by atoms with Crippen LogP contribution in [0.15, 0.2) is 27.9 Å². The van der Waals surface area contributed by atoms with Gasteiger partial charge in [0.15, 0.2) is 6.23 Å². The van der Waals surface area contributed by atoms with Crippen LogP contribution in [0.3, 0.4) is 0 Å². The van der Waals surface area contributed by atoms with Crippen LogP contribution in [0.5, 0.6) is 0 Å². The summed E-state index contributed by atoms with van der Waals surface area (Å²) in [6.07, 6.45) is 3.61. The summed E-state index contributed by atoms with van der Waals surface area (Å²) in [5.41, 5.74) is 4.63. The molecule has 2 atom stereocenters. The first-order chi connectivity index (χ1) is 8.15. The van der Waals surface area contributed by atoms with Gasteiger partial charge in [0.2, 0.25) is 0 Å². The first-order valence-electron chi connectivity index (χ1n) is 5.14. The first kappa shape index (κ1) is 11.8. The summed E-state index contributed by atoms with van der Waals surface area (Å²) in [4.78, 5) is 25.1. The minimum Gasteiger partial charge on any atom is -0.393 e. The van der Waals surface area contributed by atoms with Gasteiger partial charge >= 0.3 is 5.69 Å². The maximum absolute atomic E-state index is 11.6. The van der Waals surface area contributed by atoms with Gasteiger partial charge in [0.25, 0.3) is 5.56 Å². The summed E-state index contributed by atoms with van der Waals surface area (Å²) >= 11 is 0. The maximum Gasteiger partial charge on any atom is 0.330 e. The molecule has 0 radical (unpaired) electrons. The Morgan fingerprint density at radius 2 is 2.24 bits per heavy atom. The van der Waals surface area contributed by atoms with Gasteiger partial charge in [-0.15, -0.1) is 0 Å². The lowest BCUT2D eigenvalue weighted by molar-refractivity contribution is -0.0104. The number of hydrogen-bond acceptors (Lipinski definition) is 5. The normalized spacial score (nSPS) is 23.2. The van der Waals surface area contributed by atoms with E-state index in [9.17, 15) is 9.59 Å². The maximum atomic E-state index is 11.6. The molecule has 0 saturated carbocycles. The van der Waals surface area contributed by atoms with Crippen LogP contribution in [-0.2, 0) is 11.3 Å². The Hall–Kier alpha value is -1.70. The molecular weight excluding hydrogens is 226 g/mol. The summed E-state index contributed by atoms with van der Waals surface area (Å²) in [5, 5.41) is 8.90. The largest absolute Gasteiger partial charge is 0.393 e. The Morgan fingerprint density at radius 3 is 2.82 bits per heavy atom. The molecule has 2 heterocycles. The summed E-state index contributed by atoms with van der Waals surface area (Å²) in [6, 6.07) is 0. The van der Waals surface area contributed by atoms with Crippen molar-refractivity contribution in [1.82, 2.24) is 9.55 Å². The second-order valence-electron chi connectivity index (χ2n) is 3.66. The van der Waals surface area contributed by atoms with E-state index in [1.54, 1.807) is 12.2 Å². The van der Waals surface area contributed by atoms with Crippen LogP contribution < -0.4 is 17.0 Å². The van der Waals surface area contributed by atoms with Crippen molar-refractivity contribution in [3.63, 3.8) is 0 Å². The number of nitrogens with two attached hydrogens (primary N) is 1. The molecule has 0 spiro atoms. The number of H-pyrrole nitrogens is 1. The van der Waals surface area contributed by atoms with Gasteiger partial charge in [-0.2, -0.15) is 0 Å². The summed E-state index contributed by atoms with van der Waals surface area (Å²) < 4.78 is 6.59. The van der Waals surface area contributed by atoms with Crippen molar-refractivity contribution in [1.29, 1.82) is 0 Å². The minimum atomic E-state index is -0.623. The minimum absolute atomic E-state index is 0.0372. The Morgan fingerprint density at radius 1 is 1.47 bits per heavy atom. The molecule has 7 heteroatoms. The average molecular weight is 239 g/mol. The third-order valence-corrected chi connectivity index (χ3v) is 2.52. The number of nitrogens with one attached hydrogen (secondary N) is 1. The number of ether oxygens (including phenoxy) is 1. The van der Waals surface area contributed by atoms with E-state index < -0.39 is 23.6 Å². The highest BCUT2D eigenvalue weighted by atomic mass is 16.5. The van der Waals surface area contributed by atoms with E-state index in [-0.39, 0.29) is 13.2 Å². The van der Waals surface area contributed by atoms with Gasteiger partial charge in [-0.3, -0.25) is 14.3 Å². The molecule has 0 fully saturated rings. The molecule has 1 aromatic heterocycles. The van der Waals surface area contributed by atoms with Crippen molar-refractivity contribution >= 4 is 0 Å². The predicted octanol–water partition coefficient (Wildman–Crippen LogP) is -1.56. The lowest BCUT2D eigenvalue weighted by Crippen LogP contribution is -2.35. The van der Waals surface area contributed by atoms with E-state index in [1.165, 1.54) is 10.8 Å². The van der Waals surface area contributed by atoms with Crippen molar-refractivity contribution in [2.45, 2.75) is 18.9 Å². The molecule has 2 rings (SSSR count). The Bertz CT molecular complexity index is 545. The number of aliphatic hydroxyl groups excluding tert-OH is 1. The average Bonchev–Trinajstić information content (AvgIpc) is 2.78. The van der Waals surface area contributed by atoms with Crippen LogP contribution in [0.4, 0.5) is 0 Å². The molecule has 0 aromatic carbocycles. The van der Waals surface area contributed by atoms with E-state index in [1.807, 2.05) is 0 Å². The smallest absolute Gasteiger partial charge is 0.330 e. The summed E-state index contributed by atoms with van der Waals surface area (Å²) in [7, 11) is 0. The van der Waals surface area contributed by atoms with E-state index in [2.05, 4.69) is 4.98 Å². The number of aromatic nitrogens is 2. The Kier molecular flexibility index (Phi) is 3.23. The van der Waals surface area contributed by atoms with Crippen LogP contribution in [0.25, 0.3) is 0 Å². The van der Waals surface area contributed by atoms with Crippen LogP contribution >= 0.6 is 0 Å². The van der Waals surface area contributed by atoms with E-state index >= 15 is 0 Å². The predicted molar refractivity (Wildman–Crippen MR) is 59.3 cm³/mol. The molecule has 0 saturated heterocycles. The zero-order chi connectivity index (χ0) is 12.4. The zero-order valence-electron chi connectivity index (χ0n) is 9.00. The second-order valence-corrected chi connectivity index (χ2v) is 3.66. The monoisotopic (exact) mass is 239 g/mol. The number of aromatic amines is 1. The molecule has 0 unspecified atom stereocenters. The molecule has 1 aromatic rings. The molecule has 92 valence electrons. The Balaban J connectivity index is 2.37. The van der Waals surface area contributed by atoms with Gasteiger partial charge in [0.05, 0.1) is 6.61 Å². The van der Waals surface area contributed by atoms with Crippen molar-refractivity contribution in [2.24, 2.45) is 5.73 Å². The molecule has 17 heavy (non-hydrogen) atoms. The molecule has 0 bridgehead atoms. The third-order valence-electron chi connectivity index (χ3n) is 2.52. The fraction of sp³-hybridized carbons (Fsp3) is 0.400. The molecule has 7 nitrogen and oxygen atoms in total. The van der Waals surface area contributed by atoms with Crippen molar-refractivity contribution in [2.75, 3.05) is 6.61 Å². The van der Waals surface area contributed by atoms with Gasteiger partial charge in [-0.1, -0.05) is 6.08 Å². The van der Waals surface area contributed by atoms with Gasteiger partial charge in [-0.25, -0.2) is 4.79 Å². The van der Waals surface area contributed by atoms with Gasteiger partial charge in [0, 0.05) is 18.3 Å². The summed E-state index contributed by atoms with van der Waals surface area (Å²) in [6.45, 7) is -0.121. The fourth-order valence-corrected chi connectivity index (χ4v) is 1.61. The SMILES string of the molecule is NCc1cn([C@H]2C=C[C@@H](CO)O2)c(=O)[nH]c1=O. The van der Waals surface area contributed by atoms with Crippen LogP contribution in [-0.4, -0.2) is 27.4 Å². The van der Waals surface area contributed by atoms with Crippen molar-refractivity contribution in [3.05, 3.63) is 44.8 Å². The van der Waals surface area contributed by atoms with Gasteiger partial charge in [-0.05, 0) is 6.08 Å². The van der Waals surface area contributed by atoms with Gasteiger partial charge in [0.1, 0.15) is 6.10 Å². The van der Waals surface area contributed by atoms with E-state index in [4.69, 9.17) is 15.6 Å². The lowest BCUT2D eigenvalue weighted by Gasteiger charge is -2.15. The van der Waals surface area contributed by atoms with Crippen LogP contribution in [0, 0.1) is 0 Å². The number of rotatable bonds is 3. The molecule has 1 aliphatic rings. The highest BCUT2D eigenvalue weighted by molar-refractivity contribution is 5.07. The number of aliphatic hydroxyl groups is 1. The quantitative estimate of drug-likeness (QED) is 0.552. The topological polar surface area (TPSA) is 110 Å². The van der Waals surface area contributed by atoms with Crippen molar-refractivity contribution < 1.29 is 9.84 Å². The Labute approximate surface area is 96.1 Å². The third kappa shape index (κ3) is 2.21. The lowest BCUT2D eigenvalue weighted by atomic mass is 10.3. The standard InChI is InChI=1S/C10H13N3O4/c11-3-6-4-13(10(16)12-9(6)15)8-2-1-7(5-14)17-8/h1-2,4,7-8,14H,3,5,11H2,(H,12,15,16)/t7-,8+/m0/s1. The fourth-order valence-electron chi connectivity index (χ4n) is 1.61.